The van der Waals surface area contributed by atoms with Crippen molar-refractivity contribution < 1.29 is 14.0 Å². The van der Waals surface area contributed by atoms with Crippen molar-refractivity contribution in [1.29, 1.82) is 0 Å². The highest BCUT2D eigenvalue weighted by molar-refractivity contribution is 9.10. The van der Waals surface area contributed by atoms with Crippen LogP contribution in [0.2, 0.25) is 0 Å². The van der Waals surface area contributed by atoms with Gasteiger partial charge in [-0.1, -0.05) is 13.8 Å². The summed E-state index contributed by atoms with van der Waals surface area (Å²) in [7, 11) is 0. The number of nitrogens with zero attached hydrogens (tertiary/aromatic N) is 1. The van der Waals surface area contributed by atoms with Gasteiger partial charge in [-0.25, -0.2) is 4.39 Å². The second-order valence-corrected chi connectivity index (χ2v) is 6.44. The summed E-state index contributed by atoms with van der Waals surface area (Å²) in [6.07, 6.45) is 0.823. The summed E-state index contributed by atoms with van der Waals surface area (Å²) in [6.45, 7) is 4.30. The van der Waals surface area contributed by atoms with Gasteiger partial charge in [0.1, 0.15) is 11.9 Å². The van der Waals surface area contributed by atoms with Gasteiger partial charge in [-0.2, -0.15) is 0 Å². The Labute approximate surface area is 131 Å². The van der Waals surface area contributed by atoms with Gasteiger partial charge in [-0.15, -0.1) is 0 Å². The zero-order valence-corrected chi connectivity index (χ0v) is 13.6. The summed E-state index contributed by atoms with van der Waals surface area (Å²) < 4.78 is 13.7. The van der Waals surface area contributed by atoms with E-state index in [0.29, 0.717) is 23.1 Å². The third kappa shape index (κ3) is 3.81. The predicted octanol–water partition coefficient (Wildman–Crippen LogP) is 2.86. The first kappa shape index (κ1) is 15.9. The summed E-state index contributed by atoms with van der Waals surface area (Å²) in [6, 6.07) is 3.65. The van der Waals surface area contributed by atoms with Crippen LogP contribution in [0.25, 0.3) is 0 Å². The van der Waals surface area contributed by atoms with Gasteiger partial charge >= 0.3 is 0 Å². The Balaban J connectivity index is 2.32. The summed E-state index contributed by atoms with van der Waals surface area (Å²) in [4.78, 5) is 26.0. The minimum atomic E-state index is -0.531. The standard InChI is InChI=1S/C15H18BrFN2O2/c1-9(2)7-12-15(21)19(6-5-14(20)18-12)13-4-3-10(17)8-11(13)16/h3-4,8-9,12H,5-7H2,1-2H3,(H,18,20). The molecule has 0 spiro atoms. The molecule has 1 aromatic rings. The summed E-state index contributed by atoms with van der Waals surface area (Å²) in [5.41, 5.74) is 0.589. The van der Waals surface area contributed by atoms with E-state index in [9.17, 15) is 14.0 Å². The van der Waals surface area contributed by atoms with Crippen LogP contribution >= 0.6 is 15.9 Å². The Morgan fingerprint density at radius 3 is 2.76 bits per heavy atom. The van der Waals surface area contributed by atoms with Crippen LogP contribution in [0.5, 0.6) is 0 Å². The van der Waals surface area contributed by atoms with Gasteiger partial charge in [0.15, 0.2) is 0 Å². The predicted molar refractivity (Wildman–Crippen MR) is 82.5 cm³/mol. The molecule has 1 aliphatic rings. The number of nitrogens with one attached hydrogen (secondary N) is 1. The van der Waals surface area contributed by atoms with Crippen molar-refractivity contribution >= 4 is 33.4 Å². The second-order valence-electron chi connectivity index (χ2n) is 5.59. The van der Waals surface area contributed by atoms with Crippen LogP contribution in [0.3, 0.4) is 0 Å². The van der Waals surface area contributed by atoms with Gasteiger partial charge in [0.25, 0.3) is 0 Å². The van der Waals surface area contributed by atoms with E-state index in [4.69, 9.17) is 0 Å². The van der Waals surface area contributed by atoms with E-state index in [-0.39, 0.29) is 30.0 Å². The lowest BCUT2D eigenvalue weighted by Gasteiger charge is -2.26. The van der Waals surface area contributed by atoms with Crippen molar-refractivity contribution in [3.05, 3.63) is 28.5 Å². The topological polar surface area (TPSA) is 49.4 Å². The highest BCUT2D eigenvalue weighted by atomic mass is 79.9. The molecule has 1 atom stereocenters. The molecule has 1 saturated heterocycles. The molecule has 21 heavy (non-hydrogen) atoms. The van der Waals surface area contributed by atoms with Crippen LogP contribution in [0.15, 0.2) is 22.7 Å². The molecule has 2 rings (SSSR count). The fourth-order valence-electron chi connectivity index (χ4n) is 2.41. The average molecular weight is 357 g/mol. The highest BCUT2D eigenvalue weighted by Crippen LogP contribution is 2.29. The third-order valence-electron chi connectivity index (χ3n) is 3.37. The monoisotopic (exact) mass is 356 g/mol. The van der Waals surface area contributed by atoms with E-state index in [1.54, 1.807) is 11.0 Å². The van der Waals surface area contributed by atoms with Crippen molar-refractivity contribution in [1.82, 2.24) is 5.32 Å². The molecule has 0 aromatic heterocycles. The van der Waals surface area contributed by atoms with Crippen LogP contribution in [-0.4, -0.2) is 24.4 Å². The zero-order valence-electron chi connectivity index (χ0n) is 12.0. The SMILES string of the molecule is CC(C)CC1NC(=O)CCN(c2ccc(F)cc2Br)C1=O. The fourth-order valence-corrected chi connectivity index (χ4v) is 2.98. The molecule has 1 aromatic carbocycles. The third-order valence-corrected chi connectivity index (χ3v) is 4.00. The minimum Gasteiger partial charge on any atom is -0.344 e. The van der Waals surface area contributed by atoms with Crippen molar-refractivity contribution in [2.45, 2.75) is 32.7 Å². The Morgan fingerprint density at radius 1 is 1.43 bits per heavy atom. The quantitative estimate of drug-likeness (QED) is 0.905. The first-order valence-electron chi connectivity index (χ1n) is 6.94. The lowest BCUT2D eigenvalue weighted by atomic mass is 10.0. The van der Waals surface area contributed by atoms with Crippen LogP contribution in [0.1, 0.15) is 26.7 Å². The molecular weight excluding hydrogens is 339 g/mol. The summed E-state index contributed by atoms with van der Waals surface area (Å²) in [5.74, 6) is -0.367. The number of anilines is 1. The number of carbonyl (C=O) groups excluding carboxylic acids is 2. The van der Waals surface area contributed by atoms with Gasteiger partial charge < -0.3 is 10.2 Å². The molecule has 1 heterocycles. The van der Waals surface area contributed by atoms with Crippen molar-refractivity contribution in [2.75, 3.05) is 11.4 Å². The number of halogens is 2. The number of carbonyl (C=O) groups is 2. The van der Waals surface area contributed by atoms with E-state index in [0.717, 1.165) is 0 Å². The lowest BCUT2D eigenvalue weighted by Crippen LogP contribution is -2.45. The second kappa shape index (κ2) is 6.56. The Hall–Kier alpha value is -1.43. The molecule has 4 nitrogen and oxygen atoms in total. The van der Waals surface area contributed by atoms with E-state index >= 15 is 0 Å². The molecular formula is C15H18BrFN2O2. The van der Waals surface area contributed by atoms with Crippen molar-refractivity contribution in [3.63, 3.8) is 0 Å². The smallest absolute Gasteiger partial charge is 0.249 e. The molecule has 0 radical (unpaired) electrons. The molecule has 1 aliphatic heterocycles. The maximum atomic E-state index is 13.2. The first-order valence-corrected chi connectivity index (χ1v) is 7.73. The average Bonchev–Trinajstić information content (AvgIpc) is 2.51. The zero-order chi connectivity index (χ0) is 15.6. The minimum absolute atomic E-state index is 0.130. The summed E-state index contributed by atoms with van der Waals surface area (Å²) in [5, 5.41) is 2.77. The molecule has 0 aliphatic carbocycles. The number of benzene rings is 1. The van der Waals surface area contributed by atoms with Crippen molar-refractivity contribution in [3.8, 4) is 0 Å². The Bertz CT molecular complexity index is 563. The number of amides is 2. The molecule has 114 valence electrons. The largest absolute Gasteiger partial charge is 0.344 e. The van der Waals surface area contributed by atoms with Crippen LogP contribution in [0, 0.1) is 11.7 Å². The van der Waals surface area contributed by atoms with Crippen LogP contribution in [-0.2, 0) is 9.59 Å². The Morgan fingerprint density at radius 2 is 2.14 bits per heavy atom. The number of rotatable bonds is 3. The van der Waals surface area contributed by atoms with E-state index in [1.807, 2.05) is 13.8 Å². The van der Waals surface area contributed by atoms with Gasteiger partial charge in [-0.3, -0.25) is 9.59 Å². The highest BCUT2D eigenvalue weighted by Gasteiger charge is 2.31. The van der Waals surface area contributed by atoms with Crippen LogP contribution < -0.4 is 10.2 Å². The maximum Gasteiger partial charge on any atom is 0.249 e. The van der Waals surface area contributed by atoms with Crippen LogP contribution in [0.4, 0.5) is 10.1 Å². The molecule has 2 amide bonds. The van der Waals surface area contributed by atoms with Gasteiger partial charge in [-0.05, 0) is 46.5 Å². The van der Waals surface area contributed by atoms with Crippen molar-refractivity contribution in [2.24, 2.45) is 5.92 Å². The molecule has 1 N–H and O–H groups in total. The first-order chi connectivity index (χ1) is 9.88. The normalized spacial score (nSPS) is 19.7. The van der Waals surface area contributed by atoms with Gasteiger partial charge in [0.05, 0.1) is 5.69 Å². The molecule has 1 unspecified atom stereocenters. The number of hydrogen-bond donors (Lipinski definition) is 1. The van der Waals surface area contributed by atoms with Gasteiger partial charge in [0.2, 0.25) is 11.8 Å². The number of hydrogen-bond acceptors (Lipinski definition) is 2. The van der Waals surface area contributed by atoms with E-state index in [1.165, 1.54) is 12.1 Å². The maximum absolute atomic E-state index is 13.2. The molecule has 1 fully saturated rings. The lowest BCUT2D eigenvalue weighted by molar-refractivity contribution is -0.125. The van der Waals surface area contributed by atoms with E-state index < -0.39 is 6.04 Å². The molecule has 0 saturated carbocycles. The fraction of sp³-hybridized carbons (Fsp3) is 0.467. The molecule has 0 bridgehead atoms. The molecule has 6 heteroatoms. The van der Waals surface area contributed by atoms with E-state index in [2.05, 4.69) is 21.2 Å². The Kier molecular flexibility index (Phi) is 4.98. The summed E-state index contributed by atoms with van der Waals surface area (Å²) >= 11 is 3.28. The van der Waals surface area contributed by atoms with Gasteiger partial charge in [0, 0.05) is 17.4 Å².